The van der Waals surface area contributed by atoms with Gasteiger partial charge in [0.25, 0.3) is 0 Å². The Labute approximate surface area is 231 Å². The Kier molecular flexibility index (Phi) is 8.03. The summed E-state index contributed by atoms with van der Waals surface area (Å²) < 4.78 is 22.4. The van der Waals surface area contributed by atoms with Gasteiger partial charge in [0.05, 0.1) is 5.84 Å². The Morgan fingerprint density at radius 2 is 1.95 bits per heavy atom. The highest BCUT2D eigenvalue weighted by atomic mass is 32.2. The van der Waals surface area contributed by atoms with Crippen molar-refractivity contribution in [1.29, 1.82) is 0 Å². The number of amidine groups is 1. The highest BCUT2D eigenvalue weighted by molar-refractivity contribution is 8.03. The molecule has 6 rings (SSSR count). The zero-order valence-corrected chi connectivity index (χ0v) is 23.6. The Morgan fingerprint density at radius 1 is 1.13 bits per heavy atom. The molecule has 2 aliphatic carbocycles. The molecule has 0 saturated carbocycles. The molecule has 2 N–H and O–H groups in total. The maximum atomic E-state index is 16.4. The Hall–Kier alpha value is -1.61. The number of nitrogens with two attached hydrogens (primary N) is 1. The van der Waals surface area contributed by atoms with Crippen molar-refractivity contribution >= 4 is 17.6 Å². The molecule has 0 amide bonds. The molecule has 6 aliphatic rings. The Morgan fingerprint density at radius 3 is 2.71 bits per heavy atom. The molecule has 0 aromatic rings. The van der Waals surface area contributed by atoms with E-state index >= 15 is 4.39 Å². The summed E-state index contributed by atoms with van der Waals surface area (Å²) in [5.74, 6) is 1.07. The molecule has 2 fully saturated rings. The summed E-state index contributed by atoms with van der Waals surface area (Å²) in [4.78, 5) is 13.2. The number of halogens is 1. The number of fused-ring (bicyclic) bond motifs is 1. The van der Waals surface area contributed by atoms with Crippen LogP contribution in [0.15, 0.2) is 52.2 Å². The monoisotopic (exact) mass is 541 g/mol. The highest BCUT2D eigenvalue weighted by Gasteiger charge is 2.47. The lowest BCUT2D eigenvalue weighted by Crippen LogP contribution is -2.60. The largest absolute Gasteiger partial charge is 0.387 e. The van der Waals surface area contributed by atoms with Gasteiger partial charge in [-0.1, -0.05) is 24.3 Å². The average Bonchev–Trinajstić information content (AvgIpc) is 2.94. The lowest BCUT2D eigenvalue weighted by molar-refractivity contribution is -0.156. The zero-order chi connectivity index (χ0) is 26.1. The van der Waals surface area contributed by atoms with Gasteiger partial charge >= 0.3 is 0 Å². The van der Waals surface area contributed by atoms with Crippen LogP contribution in [0.4, 0.5) is 4.39 Å². The van der Waals surface area contributed by atoms with Gasteiger partial charge in [0.2, 0.25) is 0 Å². The third-order valence-electron chi connectivity index (χ3n) is 9.49. The first-order valence-corrected chi connectivity index (χ1v) is 15.6. The van der Waals surface area contributed by atoms with Crippen LogP contribution in [0.25, 0.3) is 0 Å². The van der Waals surface area contributed by atoms with Gasteiger partial charge in [0, 0.05) is 80.4 Å². The molecule has 4 aliphatic heterocycles. The van der Waals surface area contributed by atoms with E-state index in [1.807, 2.05) is 6.20 Å². The summed E-state index contributed by atoms with van der Waals surface area (Å²) >= 11 is 2.11. The third kappa shape index (κ3) is 5.38. The predicted molar refractivity (Wildman–Crippen MR) is 155 cm³/mol. The normalized spacial score (nSPS) is 33.2. The fraction of sp³-hybridized carbons (Fsp3) is 0.700. The summed E-state index contributed by atoms with van der Waals surface area (Å²) in [7, 11) is 1.70. The van der Waals surface area contributed by atoms with Gasteiger partial charge in [0.15, 0.2) is 5.67 Å². The summed E-state index contributed by atoms with van der Waals surface area (Å²) in [6, 6.07) is 1.10. The van der Waals surface area contributed by atoms with Crippen molar-refractivity contribution in [3.05, 3.63) is 47.2 Å². The lowest BCUT2D eigenvalue weighted by atomic mass is 9.88. The van der Waals surface area contributed by atoms with Gasteiger partial charge in [-0.3, -0.25) is 4.90 Å². The Bertz CT molecular complexity index is 1010. The van der Waals surface area contributed by atoms with E-state index in [-0.39, 0.29) is 0 Å². The lowest BCUT2D eigenvalue weighted by Gasteiger charge is -2.52. The zero-order valence-electron chi connectivity index (χ0n) is 22.8. The van der Waals surface area contributed by atoms with Crippen LogP contribution in [0.1, 0.15) is 57.8 Å². The van der Waals surface area contributed by atoms with E-state index in [1.54, 1.807) is 12.0 Å². The molecule has 6 nitrogen and oxygen atoms in total. The van der Waals surface area contributed by atoms with Crippen LogP contribution in [0.2, 0.25) is 0 Å². The van der Waals surface area contributed by atoms with Gasteiger partial charge < -0.3 is 20.3 Å². The van der Waals surface area contributed by atoms with Crippen LogP contribution in [-0.2, 0) is 4.74 Å². The van der Waals surface area contributed by atoms with Gasteiger partial charge in [-0.05, 0) is 63.4 Å². The maximum Gasteiger partial charge on any atom is 0.152 e. The minimum Gasteiger partial charge on any atom is -0.387 e. The van der Waals surface area contributed by atoms with Crippen molar-refractivity contribution < 1.29 is 9.13 Å². The van der Waals surface area contributed by atoms with Crippen LogP contribution in [0, 0.1) is 5.92 Å². The molecular formula is C30H44FN5OS. The number of likely N-dealkylation sites (tertiary alicyclic amines) is 2. The highest BCUT2D eigenvalue weighted by Crippen LogP contribution is 2.47. The SMILES string of the molecule is COC(N1CCC(N2C3=C(CCC=C3)SC3C=CCCC32)CC1)C1(F)CCN(CC2C=CN=C(N)C2)CC1. The van der Waals surface area contributed by atoms with Crippen molar-refractivity contribution in [2.24, 2.45) is 16.6 Å². The van der Waals surface area contributed by atoms with E-state index in [1.165, 1.54) is 25.0 Å². The summed E-state index contributed by atoms with van der Waals surface area (Å²) in [5, 5.41) is 0.575. The maximum absolute atomic E-state index is 16.4. The molecule has 0 spiro atoms. The number of rotatable bonds is 6. The molecular weight excluding hydrogens is 497 g/mol. The molecule has 8 heteroatoms. The van der Waals surface area contributed by atoms with Crippen molar-refractivity contribution in [3.8, 4) is 0 Å². The molecule has 0 radical (unpaired) electrons. The first-order chi connectivity index (χ1) is 18.5. The first-order valence-electron chi connectivity index (χ1n) is 14.7. The number of allylic oxidation sites excluding steroid dienone is 4. The molecule has 2 saturated heterocycles. The Balaban J connectivity index is 1.07. The van der Waals surface area contributed by atoms with E-state index in [9.17, 15) is 0 Å². The molecule has 4 unspecified atom stereocenters. The van der Waals surface area contributed by atoms with E-state index in [2.05, 4.69) is 61.8 Å². The number of hydrogen-bond donors (Lipinski definition) is 1. The number of ether oxygens (including phenoxy) is 1. The number of thioether (sulfide) groups is 1. The van der Waals surface area contributed by atoms with Crippen LogP contribution >= 0.6 is 11.8 Å². The van der Waals surface area contributed by atoms with Crippen LogP contribution in [0.5, 0.6) is 0 Å². The molecule has 4 atom stereocenters. The van der Waals surface area contributed by atoms with Gasteiger partial charge in [0.1, 0.15) is 6.23 Å². The number of aliphatic imine (C=N–C) groups is 1. The predicted octanol–water partition coefficient (Wildman–Crippen LogP) is 4.82. The standard InChI is InChI=1S/C30H44FN5OS/c1-37-29(30(31)13-18-34(19-14-30)21-22-10-15-33-28(32)20-22)35-16-11-23(12-17-35)36-24-6-2-4-8-26(24)38-27-9-5-3-7-25(27)36/h2,5-6,9-10,15,22-23,25,27,29H,3-4,7-8,11-14,16-21H2,1H3,(H2,32,33). The number of nitrogens with zero attached hydrogens (tertiary/aromatic N) is 4. The fourth-order valence-electron chi connectivity index (χ4n) is 7.54. The summed E-state index contributed by atoms with van der Waals surface area (Å²) in [6.45, 7) is 4.24. The molecule has 208 valence electrons. The molecule has 4 heterocycles. The minimum absolute atomic E-state index is 0.374. The summed E-state index contributed by atoms with van der Waals surface area (Å²) in [6.07, 6.45) is 21.8. The number of alkyl halides is 1. The molecule has 0 aromatic carbocycles. The quantitative estimate of drug-likeness (QED) is 0.487. The summed E-state index contributed by atoms with van der Waals surface area (Å²) in [5.41, 5.74) is 6.10. The fourth-order valence-corrected chi connectivity index (χ4v) is 9.01. The molecule has 0 aromatic heterocycles. The van der Waals surface area contributed by atoms with Crippen molar-refractivity contribution in [3.63, 3.8) is 0 Å². The average molecular weight is 542 g/mol. The van der Waals surface area contributed by atoms with E-state index in [4.69, 9.17) is 10.5 Å². The van der Waals surface area contributed by atoms with Crippen molar-refractivity contribution in [1.82, 2.24) is 14.7 Å². The van der Waals surface area contributed by atoms with Gasteiger partial charge in [-0.15, -0.1) is 11.8 Å². The van der Waals surface area contributed by atoms with E-state index in [0.29, 0.717) is 41.9 Å². The second-order valence-corrected chi connectivity index (χ2v) is 13.2. The van der Waals surface area contributed by atoms with E-state index in [0.717, 1.165) is 58.4 Å². The smallest absolute Gasteiger partial charge is 0.152 e. The number of hydrogen-bond acceptors (Lipinski definition) is 7. The van der Waals surface area contributed by atoms with Gasteiger partial charge in [-0.25, -0.2) is 9.38 Å². The van der Waals surface area contributed by atoms with E-state index < -0.39 is 11.9 Å². The molecule has 0 bridgehead atoms. The second-order valence-electron chi connectivity index (χ2n) is 11.9. The van der Waals surface area contributed by atoms with Crippen molar-refractivity contribution in [2.75, 3.05) is 39.8 Å². The number of piperidine rings is 2. The van der Waals surface area contributed by atoms with Crippen LogP contribution in [-0.4, -0.2) is 89.6 Å². The minimum atomic E-state index is -1.30. The van der Waals surface area contributed by atoms with Gasteiger partial charge in [-0.2, -0.15) is 0 Å². The third-order valence-corrected chi connectivity index (χ3v) is 10.9. The number of methoxy groups -OCH3 is 1. The first kappa shape index (κ1) is 26.6. The topological polar surface area (TPSA) is 57.3 Å². The second kappa shape index (κ2) is 11.5. The molecule has 38 heavy (non-hydrogen) atoms. The van der Waals surface area contributed by atoms with Crippen molar-refractivity contribution in [2.45, 2.75) is 87.0 Å². The van der Waals surface area contributed by atoms with Crippen LogP contribution < -0.4 is 5.73 Å². The van der Waals surface area contributed by atoms with Crippen LogP contribution in [0.3, 0.4) is 0 Å².